The molecule has 1 unspecified atom stereocenters. The molecule has 1 aromatic rings. The summed E-state index contributed by atoms with van der Waals surface area (Å²) in [4.78, 5) is 15.8. The molecule has 0 saturated heterocycles. The molecule has 0 aliphatic heterocycles. The molecule has 0 aliphatic rings. The van der Waals surface area contributed by atoms with E-state index in [1.54, 1.807) is 18.0 Å². The first-order valence-electron chi connectivity index (χ1n) is 7.28. The molecule has 0 bridgehead atoms. The average Bonchev–Trinajstić information content (AvgIpc) is 2.46. The fraction of sp³-hybridized carbons (Fsp3) is 0.600. The van der Waals surface area contributed by atoms with Crippen molar-refractivity contribution in [1.29, 1.82) is 0 Å². The molecular weight excluding hydrogens is 306 g/mol. The second-order valence-corrected chi connectivity index (χ2v) is 6.71. The fourth-order valence-corrected chi connectivity index (χ4v) is 3.09. The Balaban J connectivity index is 2.32. The zero-order chi connectivity index (χ0) is 15.7. The summed E-state index contributed by atoms with van der Waals surface area (Å²) in [6, 6.07) is 3.67. The van der Waals surface area contributed by atoms with Crippen molar-refractivity contribution in [3.05, 3.63) is 23.4 Å². The lowest BCUT2D eigenvalue weighted by molar-refractivity contribution is -0.124. The van der Waals surface area contributed by atoms with Crippen LogP contribution in [0.5, 0.6) is 0 Å². The number of rotatable bonds is 10. The molecule has 1 atom stereocenters. The molecule has 6 heteroatoms. The van der Waals surface area contributed by atoms with Gasteiger partial charge in [0.15, 0.2) is 0 Å². The topological polar surface area (TPSA) is 68.0 Å². The van der Waals surface area contributed by atoms with Crippen LogP contribution < -0.4 is 11.1 Å². The van der Waals surface area contributed by atoms with Gasteiger partial charge in [0.1, 0.15) is 5.03 Å². The first kappa shape index (κ1) is 18.3. The Bertz CT molecular complexity index is 458. The van der Waals surface area contributed by atoms with Gasteiger partial charge in [-0.1, -0.05) is 24.9 Å². The van der Waals surface area contributed by atoms with Gasteiger partial charge in [-0.3, -0.25) is 4.79 Å². The molecular formula is C15H24ClN3OS. The number of pyridine rings is 1. The highest BCUT2D eigenvalue weighted by atomic mass is 35.5. The Hall–Kier alpha value is -0.780. The third kappa shape index (κ3) is 6.24. The Kier molecular flexibility index (Phi) is 8.07. The molecule has 0 radical (unpaired) electrons. The van der Waals surface area contributed by atoms with Crippen molar-refractivity contribution < 1.29 is 4.79 Å². The normalized spacial score (nSPS) is 13.9. The number of carbonyl (C=O) groups is 1. The molecule has 4 nitrogen and oxygen atoms in total. The van der Waals surface area contributed by atoms with Gasteiger partial charge in [-0.05, 0) is 50.6 Å². The van der Waals surface area contributed by atoms with Gasteiger partial charge >= 0.3 is 0 Å². The number of nitrogens with one attached hydrogen (secondary N) is 1. The smallest absolute Gasteiger partial charge is 0.237 e. The van der Waals surface area contributed by atoms with Gasteiger partial charge in [0.05, 0.1) is 10.6 Å². The molecule has 3 N–H and O–H groups in total. The molecule has 0 spiro atoms. The van der Waals surface area contributed by atoms with Crippen LogP contribution in [0.15, 0.2) is 23.4 Å². The molecule has 1 amide bonds. The Morgan fingerprint density at radius 3 is 2.90 bits per heavy atom. The number of unbranched alkanes of at least 4 members (excludes halogenated alkanes) is 1. The van der Waals surface area contributed by atoms with Gasteiger partial charge in [0, 0.05) is 6.20 Å². The maximum Gasteiger partial charge on any atom is 0.237 e. The Morgan fingerprint density at radius 1 is 1.52 bits per heavy atom. The fourth-order valence-electron chi connectivity index (χ4n) is 1.93. The van der Waals surface area contributed by atoms with Gasteiger partial charge in [0.25, 0.3) is 0 Å². The van der Waals surface area contributed by atoms with Crippen molar-refractivity contribution in [2.45, 2.75) is 50.1 Å². The molecule has 0 aliphatic carbocycles. The van der Waals surface area contributed by atoms with Crippen LogP contribution in [0.4, 0.5) is 0 Å². The zero-order valence-corrected chi connectivity index (χ0v) is 14.3. The molecule has 118 valence electrons. The van der Waals surface area contributed by atoms with E-state index in [-0.39, 0.29) is 5.91 Å². The van der Waals surface area contributed by atoms with E-state index in [4.69, 9.17) is 17.3 Å². The van der Waals surface area contributed by atoms with E-state index < -0.39 is 5.54 Å². The number of carbonyl (C=O) groups excluding carboxylic acids is 1. The Labute approximate surface area is 136 Å². The standard InChI is InChI=1S/C15H24ClN3OS/c1-3-9-19-15(2,14(17)20)8-4-5-11-21-13-12(16)7-6-10-18-13/h6-7,10,19H,3-5,8-9,11H2,1-2H3,(H2,17,20). The van der Waals surface area contributed by atoms with E-state index in [0.717, 1.165) is 43.0 Å². The van der Waals surface area contributed by atoms with Crippen molar-refractivity contribution in [3.8, 4) is 0 Å². The predicted octanol–water partition coefficient (Wildman–Crippen LogP) is 3.24. The van der Waals surface area contributed by atoms with Gasteiger partial charge in [0.2, 0.25) is 5.91 Å². The van der Waals surface area contributed by atoms with Crippen molar-refractivity contribution in [1.82, 2.24) is 10.3 Å². The number of primary amides is 1. The monoisotopic (exact) mass is 329 g/mol. The maximum absolute atomic E-state index is 11.6. The summed E-state index contributed by atoms with van der Waals surface area (Å²) in [6.07, 6.45) is 5.41. The summed E-state index contributed by atoms with van der Waals surface area (Å²) in [5.41, 5.74) is 4.90. The van der Waals surface area contributed by atoms with Gasteiger partial charge < -0.3 is 11.1 Å². The van der Waals surface area contributed by atoms with Crippen LogP contribution in [-0.2, 0) is 4.79 Å². The van der Waals surface area contributed by atoms with E-state index in [1.165, 1.54) is 0 Å². The quantitative estimate of drug-likeness (QED) is 0.511. The van der Waals surface area contributed by atoms with Crippen LogP contribution in [0, 0.1) is 0 Å². The molecule has 1 rings (SSSR count). The zero-order valence-electron chi connectivity index (χ0n) is 12.7. The first-order valence-corrected chi connectivity index (χ1v) is 8.64. The SMILES string of the molecule is CCCNC(C)(CCCCSc1ncccc1Cl)C(N)=O. The highest BCUT2D eigenvalue weighted by molar-refractivity contribution is 7.99. The second-order valence-electron chi connectivity index (χ2n) is 5.22. The predicted molar refractivity (Wildman–Crippen MR) is 89.7 cm³/mol. The number of nitrogens with two attached hydrogens (primary N) is 1. The van der Waals surface area contributed by atoms with E-state index in [9.17, 15) is 4.79 Å². The van der Waals surface area contributed by atoms with Crippen molar-refractivity contribution in [3.63, 3.8) is 0 Å². The molecule has 0 fully saturated rings. The molecule has 1 heterocycles. The summed E-state index contributed by atoms with van der Waals surface area (Å²) in [7, 11) is 0. The van der Waals surface area contributed by atoms with Crippen LogP contribution in [0.1, 0.15) is 39.5 Å². The number of amides is 1. The minimum absolute atomic E-state index is 0.281. The van der Waals surface area contributed by atoms with Crippen molar-refractivity contribution in [2.75, 3.05) is 12.3 Å². The van der Waals surface area contributed by atoms with Gasteiger partial charge in [-0.2, -0.15) is 0 Å². The Morgan fingerprint density at radius 2 is 2.29 bits per heavy atom. The summed E-state index contributed by atoms with van der Waals surface area (Å²) >= 11 is 7.70. The third-order valence-corrected chi connectivity index (χ3v) is 4.85. The third-order valence-electron chi connectivity index (χ3n) is 3.34. The number of nitrogens with zero attached hydrogens (tertiary/aromatic N) is 1. The molecule has 21 heavy (non-hydrogen) atoms. The van der Waals surface area contributed by atoms with Crippen molar-refractivity contribution in [2.24, 2.45) is 5.73 Å². The minimum Gasteiger partial charge on any atom is -0.368 e. The number of hydrogen-bond donors (Lipinski definition) is 2. The van der Waals surface area contributed by atoms with E-state index in [0.29, 0.717) is 5.02 Å². The van der Waals surface area contributed by atoms with E-state index in [2.05, 4.69) is 17.2 Å². The van der Waals surface area contributed by atoms with Gasteiger partial charge in [-0.15, -0.1) is 11.8 Å². The highest BCUT2D eigenvalue weighted by Crippen LogP contribution is 2.25. The summed E-state index contributed by atoms with van der Waals surface area (Å²) in [5.74, 6) is 0.649. The largest absolute Gasteiger partial charge is 0.368 e. The molecule has 0 saturated carbocycles. The summed E-state index contributed by atoms with van der Waals surface area (Å²) in [5, 5.41) is 4.80. The lowest BCUT2D eigenvalue weighted by Crippen LogP contribution is -2.53. The number of hydrogen-bond acceptors (Lipinski definition) is 4. The number of aromatic nitrogens is 1. The van der Waals surface area contributed by atoms with Crippen LogP contribution >= 0.6 is 23.4 Å². The van der Waals surface area contributed by atoms with Crippen molar-refractivity contribution >= 4 is 29.3 Å². The summed E-state index contributed by atoms with van der Waals surface area (Å²) < 4.78 is 0. The van der Waals surface area contributed by atoms with Crippen LogP contribution in [0.25, 0.3) is 0 Å². The minimum atomic E-state index is -0.608. The molecule has 0 aromatic carbocycles. The number of halogens is 1. The summed E-state index contributed by atoms with van der Waals surface area (Å²) in [6.45, 7) is 4.76. The van der Waals surface area contributed by atoms with Gasteiger partial charge in [-0.25, -0.2) is 4.98 Å². The van der Waals surface area contributed by atoms with E-state index in [1.807, 2.05) is 19.1 Å². The first-order chi connectivity index (χ1) is 9.99. The highest BCUT2D eigenvalue weighted by Gasteiger charge is 2.29. The second kappa shape index (κ2) is 9.28. The maximum atomic E-state index is 11.6. The number of thioether (sulfide) groups is 1. The molecule has 1 aromatic heterocycles. The van der Waals surface area contributed by atoms with Crippen LogP contribution in [0.2, 0.25) is 5.02 Å². The average molecular weight is 330 g/mol. The van der Waals surface area contributed by atoms with Crippen LogP contribution in [0.3, 0.4) is 0 Å². The lowest BCUT2D eigenvalue weighted by Gasteiger charge is -2.27. The van der Waals surface area contributed by atoms with Crippen LogP contribution in [-0.4, -0.2) is 28.7 Å². The van der Waals surface area contributed by atoms with E-state index >= 15 is 0 Å². The lowest BCUT2D eigenvalue weighted by atomic mass is 9.94.